The van der Waals surface area contributed by atoms with Gasteiger partial charge in [-0.15, -0.1) is 0 Å². The minimum atomic E-state index is -1.62. The van der Waals surface area contributed by atoms with E-state index in [9.17, 15) is 9.59 Å². The van der Waals surface area contributed by atoms with Gasteiger partial charge in [-0.05, 0) is 32.1 Å². The van der Waals surface area contributed by atoms with E-state index in [1.807, 2.05) is 6.92 Å². The van der Waals surface area contributed by atoms with Gasteiger partial charge in [-0.1, -0.05) is 40.0 Å². The van der Waals surface area contributed by atoms with Crippen molar-refractivity contribution in [3.63, 3.8) is 0 Å². The Morgan fingerprint density at radius 3 is 1.84 bits per heavy atom. The Balaban J connectivity index is 4.74. The largest absolute Gasteiger partial charge is 0.519 e. The van der Waals surface area contributed by atoms with Gasteiger partial charge in [0.15, 0.2) is 0 Å². The van der Waals surface area contributed by atoms with Crippen LogP contribution < -0.4 is 0 Å². The van der Waals surface area contributed by atoms with Crippen molar-refractivity contribution >= 4 is 12.3 Å². The highest BCUT2D eigenvalue weighted by molar-refractivity contribution is 5.75. The van der Waals surface area contributed by atoms with Gasteiger partial charge in [0, 0.05) is 0 Å². The van der Waals surface area contributed by atoms with Gasteiger partial charge in [0.25, 0.3) is 0 Å². The molecular weight excluding hydrogens is 248 g/mol. The van der Waals surface area contributed by atoms with Crippen LogP contribution in [0.25, 0.3) is 0 Å². The fourth-order valence-electron chi connectivity index (χ4n) is 2.25. The highest BCUT2D eigenvalue weighted by atomic mass is 16.8. The second kappa shape index (κ2) is 9.64. The van der Waals surface area contributed by atoms with Gasteiger partial charge < -0.3 is 14.6 Å². The molecule has 0 aromatic heterocycles. The Hall–Kier alpha value is -1.26. The molecule has 0 radical (unpaired) electrons. The summed E-state index contributed by atoms with van der Waals surface area (Å²) < 4.78 is 9.42. The molecule has 0 spiro atoms. The average Bonchev–Trinajstić information content (AvgIpc) is 2.33. The molecule has 0 heterocycles. The van der Waals surface area contributed by atoms with Crippen LogP contribution in [0, 0.1) is 0 Å². The predicted molar refractivity (Wildman–Crippen MR) is 72.3 cm³/mol. The van der Waals surface area contributed by atoms with E-state index in [0.29, 0.717) is 0 Å². The number of unbranched alkanes of at least 4 members (excludes halogenated alkanes) is 2. The number of carbonyl (C=O) groups is 2. The third-order valence-electron chi connectivity index (χ3n) is 3.15. The number of ether oxygens (including phenoxy) is 2. The molecule has 0 bridgehead atoms. The molecule has 0 aliphatic carbocycles. The minimum Gasteiger partial charge on any atom is -0.449 e. The molecule has 0 unspecified atom stereocenters. The summed E-state index contributed by atoms with van der Waals surface area (Å²) in [5.41, 5.74) is -0.576. The lowest BCUT2D eigenvalue weighted by Crippen LogP contribution is -2.36. The van der Waals surface area contributed by atoms with Crippen LogP contribution in [0.15, 0.2) is 0 Å². The van der Waals surface area contributed by atoms with Crippen molar-refractivity contribution < 1.29 is 24.2 Å². The van der Waals surface area contributed by atoms with Gasteiger partial charge >= 0.3 is 12.3 Å². The topological polar surface area (TPSA) is 72.8 Å². The van der Waals surface area contributed by atoms with E-state index in [2.05, 4.69) is 18.6 Å². The lowest BCUT2D eigenvalue weighted by atomic mass is 9.86. The molecule has 0 amide bonds. The molecule has 0 rings (SSSR count). The maximum Gasteiger partial charge on any atom is 0.519 e. The van der Waals surface area contributed by atoms with E-state index in [1.54, 1.807) is 0 Å². The quantitative estimate of drug-likeness (QED) is 0.485. The first-order chi connectivity index (χ1) is 8.99. The molecule has 0 aliphatic rings. The molecule has 0 fully saturated rings. The molecule has 5 nitrogen and oxygen atoms in total. The van der Waals surface area contributed by atoms with Gasteiger partial charge in [0.05, 0.1) is 0 Å². The average molecular weight is 274 g/mol. The minimum absolute atomic E-state index is 0.576. The first-order valence-electron chi connectivity index (χ1n) is 7.13. The van der Waals surface area contributed by atoms with E-state index in [4.69, 9.17) is 9.84 Å². The molecule has 112 valence electrons. The van der Waals surface area contributed by atoms with E-state index in [0.717, 1.165) is 51.4 Å². The number of carboxylic acid groups (broad SMARTS) is 1. The maximum atomic E-state index is 11.4. The van der Waals surface area contributed by atoms with Crippen molar-refractivity contribution in [1.29, 1.82) is 0 Å². The van der Waals surface area contributed by atoms with Crippen molar-refractivity contribution in [2.45, 2.75) is 77.7 Å². The first-order valence-corrected chi connectivity index (χ1v) is 7.13. The molecule has 0 aromatic carbocycles. The number of carbonyl (C=O) groups excluding carboxylic acids is 1. The molecule has 0 aromatic rings. The van der Waals surface area contributed by atoms with Crippen LogP contribution in [0.3, 0.4) is 0 Å². The number of hydrogen-bond acceptors (Lipinski definition) is 4. The summed E-state index contributed by atoms with van der Waals surface area (Å²) in [5, 5.41) is 8.44. The van der Waals surface area contributed by atoms with Crippen LogP contribution in [0.2, 0.25) is 0 Å². The highest BCUT2D eigenvalue weighted by Crippen LogP contribution is 2.31. The Morgan fingerprint density at radius 2 is 1.47 bits per heavy atom. The Bertz CT molecular complexity index is 267. The van der Waals surface area contributed by atoms with Crippen LogP contribution in [0.5, 0.6) is 0 Å². The number of rotatable bonds is 9. The van der Waals surface area contributed by atoms with Crippen molar-refractivity contribution in [2.75, 3.05) is 0 Å². The molecule has 0 aliphatic heterocycles. The fourth-order valence-corrected chi connectivity index (χ4v) is 2.25. The van der Waals surface area contributed by atoms with Gasteiger partial charge in [0.2, 0.25) is 0 Å². The second-order valence-corrected chi connectivity index (χ2v) is 4.86. The van der Waals surface area contributed by atoms with Crippen LogP contribution >= 0.6 is 0 Å². The highest BCUT2D eigenvalue weighted by Gasteiger charge is 2.33. The van der Waals surface area contributed by atoms with Crippen LogP contribution in [-0.4, -0.2) is 23.0 Å². The molecule has 0 saturated heterocycles. The molecule has 0 atom stereocenters. The zero-order chi connectivity index (χ0) is 14.7. The lowest BCUT2D eigenvalue weighted by Gasteiger charge is -2.32. The predicted octanol–water partition coefficient (Wildman–Crippen LogP) is 4.74. The lowest BCUT2D eigenvalue weighted by molar-refractivity contribution is -0.0453. The summed E-state index contributed by atoms with van der Waals surface area (Å²) in [6, 6.07) is 0. The standard InChI is InChI=1S/C14H26O5/c1-4-7-10-14(9-6-3,11-8-5-2)19-13(17)18-12(15)16/h4-11H2,1-3H3,(H,15,16). The van der Waals surface area contributed by atoms with Crippen molar-refractivity contribution in [3.05, 3.63) is 0 Å². The number of hydrogen-bond donors (Lipinski definition) is 1. The Labute approximate surface area is 115 Å². The van der Waals surface area contributed by atoms with Gasteiger partial charge in [-0.3, -0.25) is 0 Å². The van der Waals surface area contributed by atoms with Crippen molar-refractivity contribution in [3.8, 4) is 0 Å². The summed E-state index contributed by atoms with van der Waals surface area (Å²) in [7, 11) is 0. The maximum absolute atomic E-state index is 11.4. The van der Waals surface area contributed by atoms with E-state index >= 15 is 0 Å². The normalized spacial score (nSPS) is 11.1. The third-order valence-corrected chi connectivity index (χ3v) is 3.15. The second-order valence-electron chi connectivity index (χ2n) is 4.86. The Kier molecular flexibility index (Phi) is 9.00. The van der Waals surface area contributed by atoms with Gasteiger partial charge in [-0.25, -0.2) is 9.59 Å². The summed E-state index contributed by atoms with van der Waals surface area (Å²) >= 11 is 0. The van der Waals surface area contributed by atoms with Gasteiger partial charge in [0.1, 0.15) is 5.60 Å². The smallest absolute Gasteiger partial charge is 0.449 e. The van der Waals surface area contributed by atoms with Crippen molar-refractivity contribution in [1.82, 2.24) is 0 Å². The monoisotopic (exact) mass is 274 g/mol. The van der Waals surface area contributed by atoms with Crippen molar-refractivity contribution in [2.24, 2.45) is 0 Å². The zero-order valence-electron chi connectivity index (χ0n) is 12.2. The van der Waals surface area contributed by atoms with E-state index < -0.39 is 17.9 Å². The third kappa shape index (κ3) is 7.70. The summed E-state index contributed by atoms with van der Waals surface area (Å²) in [4.78, 5) is 21.8. The SMILES string of the molecule is CCCCC(CCC)(CCCC)OC(=O)OC(=O)O. The Morgan fingerprint density at radius 1 is 0.947 bits per heavy atom. The summed E-state index contributed by atoms with van der Waals surface area (Å²) in [6.07, 6.45) is 4.32. The summed E-state index contributed by atoms with van der Waals surface area (Å²) in [6.45, 7) is 6.18. The molecule has 5 heteroatoms. The molecule has 19 heavy (non-hydrogen) atoms. The van der Waals surface area contributed by atoms with Crippen LogP contribution in [0.1, 0.15) is 72.1 Å². The van der Waals surface area contributed by atoms with E-state index in [-0.39, 0.29) is 0 Å². The molecule has 1 N–H and O–H groups in total. The summed E-state index contributed by atoms with van der Waals surface area (Å²) in [5.74, 6) is 0. The fraction of sp³-hybridized carbons (Fsp3) is 0.857. The van der Waals surface area contributed by atoms with Gasteiger partial charge in [-0.2, -0.15) is 0 Å². The molecular formula is C14H26O5. The molecule has 0 saturated carbocycles. The zero-order valence-corrected chi connectivity index (χ0v) is 12.2. The van der Waals surface area contributed by atoms with Crippen LogP contribution in [0.4, 0.5) is 9.59 Å². The van der Waals surface area contributed by atoms with E-state index in [1.165, 1.54) is 0 Å². The van der Waals surface area contributed by atoms with Crippen LogP contribution in [-0.2, 0) is 9.47 Å². The first kappa shape index (κ1) is 17.7.